The highest BCUT2D eigenvalue weighted by atomic mass is 32.2. The molecule has 8 heteroatoms. The summed E-state index contributed by atoms with van der Waals surface area (Å²) in [6, 6.07) is 1.64. The zero-order valence-electron chi connectivity index (χ0n) is 10.9. The standard InChI is InChI=1S/C11H15FN2O4S/c1-4-5-13(3)19(17,18)11-7-10(14(15)16)9(12)6-8(11)2/h6-7H,4-5H2,1-3H3. The molecule has 0 aliphatic rings. The van der Waals surface area contributed by atoms with Crippen LogP contribution in [0.2, 0.25) is 0 Å². The molecule has 0 fully saturated rings. The summed E-state index contributed by atoms with van der Waals surface area (Å²) >= 11 is 0. The van der Waals surface area contributed by atoms with Gasteiger partial charge in [-0.3, -0.25) is 10.1 Å². The number of halogens is 1. The third-order valence-corrected chi connectivity index (χ3v) is 4.67. The van der Waals surface area contributed by atoms with Crippen LogP contribution < -0.4 is 0 Å². The number of nitro benzene ring substituents is 1. The van der Waals surface area contributed by atoms with Gasteiger partial charge in [0.15, 0.2) is 0 Å². The van der Waals surface area contributed by atoms with Crippen LogP contribution in [0, 0.1) is 22.9 Å². The van der Waals surface area contributed by atoms with Gasteiger partial charge < -0.3 is 0 Å². The normalized spacial score (nSPS) is 11.8. The van der Waals surface area contributed by atoms with Gasteiger partial charge in [-0.1, -0.05) is 6.92 Å². The smallest absolute Gasteiger partial charge is 0.258 e. The molecule has 0 aromatic heterocycles. The molecule has 1 aromatic carbocycles. The molecule has 19 heavy (non-hydrogen) atoms. The zero-order chi connectivity index (χ0) is 14.8. The fourth-order valence-electron chi connectivity index (χ4n) is 1.66. The number of hydrogen-bond acceptors (Lipinski definition) is 4. The first-order chi connectivity index (χ1) is 8.71. The molecule has 106 valence electrons. The summed E-state index contributed by atoms with van der Waals surface area (Å²) in [7, 11) is -2.46. The molecule has 1 aromatic rings. The lowest BCUT2D eigenvalue weighted by Crippen LogP contribution is -2.28. The van der Waals surface area contributed by atoms with Gasteiger partial charge in [0.25, 0.3) is 0 Å². The van der Waals surface area contributed by atoms with Crippen molar-refractivity contribution in [1.82, 2.24) is 4.31 Å². The molecule has 0 bridgehead atoms. The molecule has 0 aliphatic carbocycles. The van der Waals surface area contributed by atoms with E-state index in [-0.39, 0.29) is 17.0 Å². The molecule has 6 nitrogen and oxygen atoms in total. The molecule has 1 rings (SSSR count). The highest BCUT2D eigenvalue weighted by molar-refractivity contribution is 7.89. The first-order valence-electron chi connectivity index (χ1n) is 5.62. The van der Waals surface area contributed by atoms with Gasteiger partial charge in [-0.25, -0.2) is 12.7 Å². The van der Waals surface area contributed by atoms with E-state index in [2.05, 4.69) is 0 Å². The summed E-state index contributed by atoms with van der Waals surface area (Å²) in [5.41, 5.74) is -0.694. The Hall–Kier alpha value is -1.54. The number of nitro groups is 1. The molecule has 0 spiro atoms. The van der Waals surface area contributed by atoms with Crippen LogP contribution in [0.1, 0.15) is 18.9 Å². The van der Waals surface area contributed by atoms with Gasteiger partial charge in [-0.15, -0.1) is 0 Å². The van der Waals surface area contributed by atoms with Crippen molar-refractivity contribution in [2.24, 2.45) is 0 Å². The average molecular weight is 290 g/mol. The van der Waals surface area contributed by atoms with E-state index in [1.54, 1.807) is 0 Å². The molecule has 0 amide bonds. The van der Waals surface area contributed by atoms with Crippen LogP contribution in [0.3, 0.4) is 0 Å². The van der Waals surface area contributed by atoms with E-state index in [1.807, 2.05) is 6.92 Å². The number of nitrogens with zero attached hydrogens (tertiary/aromatic N) is 2. The fraction of sp³-hybridized carbons (Fsp3) is 0.455. The van der Waals surface area contributed by atoms with Crippen molar-refractivity contribution in [1.29, 1.82) is 0 Å². The quantitative estimate of drug-likeness (QED) is 0.614. The number of benzene rings is 1. The van der Waals surface area contributed by atoms with Crippen LogP contribution >= 0.6 is 0 Å². The van der Waals surface area contributed by atoms with Crippen molar-refractivity contribution < 1.29 is 17.7 Å². The van der Waals surface area contributed by atoms with E-state index in [1.165, 1.54) is 14.0 Å². The Morgan fingerprint density at radius 2 is 2.00 bits per heavy atom. The molecule has 0 saturated carbocycles. The Morgan fingerprint density at radius 1 is 1.42 bits per heavy atom. The molecular weight excluding hydrogens is 275 g/mol. The number of hydrogen-bond donors (Lipinski definition) is 0. The maximum atomic E-state index is 13.4. The Balaban J connectivity index is 3.43. The van der Waals surface area contributed by atoms with Gasteiger partial charge in [-0.05, 0) is 25.0 Å². The average Bonchev–Trinajstić information content (AvgIpc) is 2.28. The Labute approximate surface area is 111 Å². The van der Waals surface area contributed by atoms with Crippen molar-refractivity contribution in [3.63, 3.8) is 0 Å². The minimum atomic E-state index is -3.84. The summed E-state index contributed by atoms with van der Waals surface area (Å²) in [5.74, 6) is -1.04. The minimum absolute atomic E-state index is 0.144. The molecule has 0 radical (unpaired) electrons. The molecular formula is C11H15FN2O4S. The van der Waals surface area contributed by atoms with Crippen molar-refractivity contribution in [2.45, 2.75) is 25.2 Å². The fourth-order valence-corrected chi connectivity index (χ4v) is 3.15. The number of rotatable bonds is 5. The van der Waals surface area contributed by atoms with Crippen LogP contribution in [-0.4, -0.2) is 31.2 Å². The van der Waals surface area contributed by atoms with Crippen molar-refractivity contribution >= 4 is 15.7 Å². The van der Waals surface area contributed by atoms with Crippen molar-refractivity contribution in [3.05, 3.63) is 33.6 Å². The van der Waals surface area contributed by atoms with Gasteiger partial charge >= 0.3 is 5.69 Å². The minimum Gasteiger partial charge on any atom is -0.258 e. The van der Waals surface area contributed by atoms with Crippen LogP contribution in [0.15, 0.2) is 17.0 Å². The predicted octanol–water partition coefficient (Wildman–Crippen LogP) is 2.07. The van der Waals surface area contributed by atoms with Crippen LogP contribution in [0.5, 0.6) is 0 Å². The number of sulfonamides is 1. The topological polar surface area (TPSA) is 80.5 Å². The molecule has 0 N–H and O–H groups in total. The Kier molecular flexibility index (Phi) is 4.59. The van der Waals surface area contributed by atoms with Crippen molar-refractivity contribution in [2.75, 3.05) is 13.6 Å². The SMILES string of the molecule is CCCN(C)S(=O)(=O)c1cc([N+](=O)[O-])c(F)cc1C. The van der Waals surface area contributed by atoms with E-state index in [4.69, 9.17) is 0 Å². The van der Waals surface area contributed by atoms with E-state index < -0.39 is 26.5 Å². The zero-order valence-corrected chi connectivity index (χ0v) is 11.7. The molecule has 0 atom stereocenters. The maximum absolute atomic E-state index is 13.4. The summed E-state index contributed by atoms with van der Waals surface area (Å²) in [6.07, 6.45) is 0.609. The van der Waals surface area contributed by atoms with Gasteiger partial charge in [0, 0.05) is 19.7 Å². The van der Waals surface area contributed by atoms with Gasteiger partial charge in [0.05, 0.1) is 9.82 Å². The van der Waals surface area contributed by atoms with Crippen LogP contribution in [0.4, 0.5) is 10.1 Å². The van der Waals surface area contributed by atoms with E-state index >= 15 is 0 Å². The first kappa shape index (κ1) is 15.5. The summed E-state index contributed by atoms with van der Waals surface area (Å²) < 4.78 is 38.9. The lowest BCUT2D eigenvalue weighted by Gasteiger charge is -2.17. The first-order valence-corrected chi connectivity index (χ1v) is 7.06. The van der Waals surface area contributed by atoms with Crippen LogP contribution in [-0.2, 0) is 10.0 Å². The second-order valence-electron chi connectivity index (χ2n) is 4.15. The summed E-state index contributed by atoms with van der Waals surface area (Å²) in [4.78, 5) is 9.49. The Morgan fingerprint density at radius 3 is 2.47 bits per heavy atom. The van der Waals surface area contributed by atoms with E-state index in [9.17, 15) is 22.9 Å². The maximum Gasteiger partial charge on any atom is 0.306 e. The molecule has 0 unspecified atom stereocenters. The highest BCUT2D eigenvalue weighted by Gasteiger charge is 2.27. The lowest BCUT2D eigenvalue weighted by atomic mass is 10.2. The third kappa shape index (κ3) is 3.07. The van der Waals surface area contributed by atoms with E-state index in [0.29, 0.717) is 6.42 Å². The molecule has 0 saturated heterocycles. The van der Waals surface area contributed by atoms with Gasteiger partial charge in [0.2, 0.25) is 15.8 Å². The second-order valence-corrected chi connectivity index (χ2v) is 6.17. The largest absolute Gasteiger partial charge is 0.306 e. The van der Waals surface area contributed by atoms with Crippen molar-refractivity contribution in [3.8, 4) is 0 Å². The summed E-state index contributed by atoms with van der Waals surface area (Å²) in [5, 5.41) is 10.7. The highest BCUT2D eigenvalue weighted by Crippen LogP contribution is 2.27. The third-order valence-electron chi connectivity index (χ3n) is 2.67. The predicted molar refractivity (Wildman–Crippen MR) is 67.9 cm³/mol. The second kappa shape index (κ2) is 5.62. The van der Waals surface area contributed by atoms with Gasteiger partial charge in [0.1, 0.15) is 0 Å². The Bertz CT molecular complexity index is 601. The van der Waals surface area contributed by atoms with Crippen LogP contribution in [0.25, 0.3) is 0 Å². The van der Waals surface area contributed by atoms with Gasteiger partial charge in [-0.2, -0.15) is 4.39 Å². The monoisotopic (exact) mass is 290 g/mol. The van der Waals surface area contributed by atoms with E-state index in [0.717, 1.165) is 16.4 Å². The number of aryl methyl sites for hydroxylation is 1. The summed E-state index contributed by atoms with van der Waals surface area (Å²) in [6.45, 7) is 3.50. The lowest BCUT2D eigenvalue weighted by molar-refractivity contribution is -0.387. The molecule has 0 aliphatic heterocycles. The molecule has 0 heterocycles.